The molecule has 1 saturated heterocycles. The maximum atomic E-state index is 12.7. The molecule has 0 bridgehead atoms. The number of amides is 1. The largest absolute Gasteiger partial charge is 0.496 e. The van der Waals surface area contributed by atoms with E-state index >= 15 is 0 Å². The number of hydrogen-bond acceptors (Lipinski definition) is 4. The van der Waals surface area contributed by atoms with Crippen molar-refractivity contribution < 1.29 is 9.53 Å². The Morgan fingerprint density at radius 1 is 1.28 bits per heavy atom. The minimum atomic E-state index is 0.153. The predicted molar refractivity (Wildman–Crippen MR) is 96.5 cm³/mol. The SMILES string of the molecule is COc1ccccc1[C@H]1CN(C(=O)CCn2nccc2C)CCN1C. The number of para-hydroxylation sites is 1. The van der Waals surface area contributed by atoms with Gasteiger partial charge in [-0.05, 0) is 26.1 Å². The van der Waals surface area contributed by atoms with E-state index in [0.29, 0.717) is 19.5 Å². The van der Waals surface area contributed by atoms with Gasteiger partial charge < -0.3 is 9.64 Å². The molecule has 0 spiro atoms. The molecule has 1 amide bonds. The highest BCUT2D eigenvalue weighted by atomic mass is 16.5. The quantitative estimate of drug-likeness (QED) is 0.835. The van der Waals surface area contributed by atoms with Crippen molar-refractivity contribution in [3.05, 3.63) is 47.8 Å². The molecule has 134 valence electrons. The first-order chi connectivity index (χ1) is 12.1. The number of aryl methyl sites for hydroxylation is 2. The summed E-state index contributed by atoms with van der Waals surface area (Å²) in [5.74, 6) is 1.06. The standard InChI is InChI=1S/C19H26N4O2/c1-15-8-10-20-23(15)11-9-19(24)22-13-12-21(2)17(14-22)16-6-4-5-7-18(16)25-3/h4-8,10,17H,9,11-14H2,1-3H3/t17-/m1/s1. The lowest BCUT2D eigenvalue weighted by atomic mass is 10.0. The van der Waals surface area contributed by atoms with Crippen molar-refractivity contribution >= 4 is 5.91 Å². The van der Waals surface area contributed by atoms with Crippen molar-refractivity contribution in [2.75, 3.05) is 33.8 Å². The smallest absolute Gasteiger partial charge is 0.224 e. The summed E-state index contributed by atoms with van der Waals surface area (Å²) in [7, 11) is 3.79. The first-order valence-corrected chi connectivity index (χ1v) is 8.69. The van der Waals surface area contributed by atoms with Gasteiger partial charge in [0.05, 0.1) is 13.2 Å². The Morgan fingerprint density at radius 3 is 2.80 bits per heavy atom. The van der Waals surface area contributed by atoms with Gasteiger partial charge in [0.2, 0.25) is 5.91 Å². The van der Waals surface area contributed by atoms with E-state index in [9.17, 15) is 4.79 Å². The molecule has 2 heterocycles. The van der Waals surface area contributed by atoms with Crippen LogP contribution in [0.4, 0.5) is 0 Å². The first-order valence-electron chi connectivity index (χ1n) is 8.69. The second kappa shape index (κ2) is 7.70. The van der Waals surface area contributed by atoms with Crippen LogP contribution in [-0.4, -0.2) is 59.3 Å². The fourth-order valence-corrected chi connectivity index (χ4v) is 3.37. The van der Waals surface area contributed by atoms with Gasteiger partial charge in [-0.3, -0.25) is 14.4 Å². The van der Waals surface area contributed by atoms with E-state index in [0.717, 1.165) is 30.1 Å². The third-order valence-corrected chi connectivity index (χ3v) is 4.97. The molecule has 1 fully saturated rings. The van der Waals surface area contributed by atoms with E-state index in [1.807, 2.05) is 40.8 Å². The molecule has 2 aromatic rings. The van der Waals surface area contributed by atoms with E-state index in [1.54, 1.807) is 13.3 Å². The third kappa shape index (κ3) is 3.85. The number of carbonyl (C=O) groups is 1. The number of hydrogen-bond donors (Lipinski definition) is 0. The fourth-order valence-electron chi connectivity index (χ4n) is 3.37. The Hall–Kier alpha value is -2.34. The highest BCUT2D eigenvalue weighted by Crippen LogP contribution is 2.31. The summed E-state index contributed by atoms with van der Waals surface area (Å²) in [5, 5.41) is 4.25. The van der Waals surface area contributed by atoms with Gasteiger partial charge in [-0.2, -0.15) is 5.10 Å². The summed E-state index contributed by atoms with van der Waals surface area (Å²) >= 11 is 0. The number of piperazine rings is 1. The van der Waals surface area contributed by atoms with Crippen molar-refractivity contribution in [2.45, 2.75) is 25.9 Å². The van der Waals surface area contributed by atoms with E-state index in [-0.39, 0.29) is 11.9 Å². The Balaban J connectivity index is 1.67. The summed E-state index contributed by atoms with van der Waals surface area (Å²) in [5.41, 5.74) is 2.21. The number of carbonyl (C=O) groups excluding carboxylic acids is 1. The van der Waals surface area contributed by atoms with E-state index in [2.05, 4.69) is 23.1 Å². The van der Waals surface area contributed by atoms with Crippen molar-refractivity contribution in [1.29, 1.82) is 0 Å². The maximum absolute atomic E-state index is 12.7. The Kier molecular flexibility index (Phi) is 5.38. The summed E-state index contributed by atoms with van der Waals surface area (Å²) in [6.07, 6.45) is 2.25. The van der Waals surface area contributed by atoms with E-state index in [1.165, 1.54) is 0 Å². The molecule has 0 N–H and O–H groups in total. The van der Waals surface area contributed by atoms with Crippen molar-refractivity contribution in [3.63, 3.8) is 0 Å². The topological polar surface area (TPSA) is 50.6 Å². The summed E-state index contributed by atoms with van der Waals surface area (Å²) in [6, 6.07) is 10.2. The zero-order valence-electron chi connectivity index (χ0n) is 15.2. The highest BCUT2D eigenvalue weighted by Gasteiger charge is 2.29. The molecule has 3 rings (SSSR count). The number of aromatic nitrogens is 2. The molecule has 1 aliphatic heterocycles. The van der Waals surface area contributed by atoms with Crippen LogP contribution in [0.3, 0.4) is 0 Å². The van der Waals surface area contributed by atoms with Gasteiger partial charge in [0.15, 0.2) is 0 Å². The second-order valence-corrected chi connectivity index (χ2v) is 6.52. The molecule has 6 nitrogen and oxygen atoms in total. The molecular weight excluding hydrogens is 316 g/mol. The van der Waals surface area contributed by atoms with Gasteiger partial charge in [-0.1, -0.05) is 18.2 Å². The van der Waals surface area contributed by atoms with Crippen LogP contribution in [0.5, 0.6) is 5.75 Å². The molecule has 6 heteroatoms. The Bertz CT molecular complexity index is 728. The zero-order valence-corrected chi connectivity index (χ0v) is 15.2. The van der Waals surface area contributed by atoms with Crippen LogP contribution in [-0.2, 0) is 11.3 Å². The predicted octanol–water partition coefficient (Wildman–Crippen LogP) is 2.11. The Morgan fingerprint density at radius 2 is 2.08 bits per heavy atom. The fraction of sp³-hybridized carbons (Fsp3) is 0.474. The van der Waals surface area contributed by atoms with Gasteiger partial charge in [-0.25, -0.2) is 0 Å². The second-order valence-electron chi connectivity index (χ2n) is 6.52. The average molecular weight is 342 g/mol. The van der Waals surface area contributed by atoms with Crippen LogP contribution in [0.25, 0.3) is 0 Å². The lowest BCUT2D eigenvalue weighted by Gasteiger charge is -2.40. The van der Waals surface area contributed by atoms with Gasteiger partial charge in [0, 0.05) is 50.1 Å². The molecular formula is C19H26N4O2. The molecule has 1 aromatic heterocycles. The zero-order chi connectivity index (χ0) is 17.8. The number of likely N-dealkylation sites (N-methyl/N-ethyl adjacent to an activating group) is 1. The molecule has 1 aliphatic rings. The molecule has 0 radical (unpaired) electrons. The van der Waals surface area contributed by atoms with Gasteiger partial charge in [-0.15, -0.1) is 0 Å². The highest BCUT2D eigenvalue weighted by molar-refractivity contribution is 5.76. The number of nitrogens with zero attached hydrogens (tertiary/aromatic N) is 4. The number of ether oxygens (including phenoxy) is 1. The minimum absolute atomic E-state index is 0.153. The summed E-state index contributed by atoms with van der Waals surface area (Å²) in [6.45, 7) is 4.94. The van der Waals surface area contributed by atoms with Crippen LogP contribution < -0.4 is 4.74 Å². The normalized spacial score (nSPS) is 18.4. The molecule has 0 unspecified atom stereocenters. The van der Waals surface area contributed by atoms with Crippen LogP contribution >= 0.6 is 0 Å². The van der Waals surface area contributed by atoms with Crippen molar-refractivity contribution in [2.24, 2.45) is 0 Å². The van der Waals surface area contributed by atoms with Crippen molar-refractivity contribution in [3.8, 4) is 5.75 Å². The summed E-state index contributed by atoms with van der Waals surface area (Å²) < 4.78 is 7.39. The minimum Gasteiger partial charge on any atom is -0.496 e. The maximum Gasteiger partial charge on any atom is 0.224 e. The van der Waals surface area contributed by atoms with Crippen LogP contribution in [0, 0.1) is 6.92 Å². The van der Waals surface area contributed by atoms with Gasteiger partial charge in [0.1, 0.15) is 5.75 Å². The Labute approximate surface area is 149 Å². The lowest BCUT2D eigenvalue weighted by molar-refractivity contribution is -0.134. The van der Waals surface area contributed by atoms with Crippen LogP contribution in [0.1, 0.15) is 23.7 Å². The summed E-state index contributed by atoms with van der Waals surface area (Å²) in [4.78, 5) is 16.9. The lowest BCUT2D eigenvalue weighted by Crippen LogP contribution is -2.49. The average Bonchev–Trinajstić information content (AvgIpc) is 3.05. The first kappa shape index (κ1) is 17.5. The monoisotopic (exact) mass is 342 g/mol. The van der Waals surface area contributed by atoms with E-state index in [4.69, 9.17) is 4.74 Å². The molecule has 0 aliphatic carbocycles. The van der Waals surface area contributed by atoms with Gasteiger partial charge >= 0.3 is 0 Å². The number of methoxy groups -OCH3 is 1. The molecule has 0 saturated carbocycles. The molecule has 1 atom stereocenters. The van der Waals surface area contributed by atoms with Crippen LogP contribution in [0.2, 0.25) is 0 Å². The number of rotatable bonds is 5. The molecule has 1 aromatic carbocycles. The van der Waals surface area contributed by atoms with Crippen LogP contribution in [0.15, 0.2) is 36.5 Å². The number of benzene rings is 1. The molecule has 25 heavy (non-hydrogen) atoms. The van der Waals surface area contributed by atoms with Gasteiger partial charge in [0.25, 0.3) is 0 Å². The van der Waals surface area contributed by atoms with Crippen molar-refractivity contribution in [1.82, 2.24) is 19.6 Å². The third-order valence-electron chi connectivity index (χ3n) is 4.97. The van der Waals surface area contributed by atoms with E-state index < -0.39 is 0 Å².